The first kappa shape index (κ1) is 11.2. The molecule has 0 saturated heterocycles. The fraction of sp³-hybridized carbons (Fsp3) is 0.700. The first-order valence-corrected chi connectivity index (χ1v) is 4.45. The van der Waals surface area contributed by atoms with E-state index in [-0.39, 0.29) is 5.97 Å². The van der Waals surface area contributed by atoms with Crippen LogP contribution in [0, 0.1) is 5.92 Å². The highest BCUT2D eigenvalue weighted by Gasteiger charge is 2.06. The summed E-state index contributed by atoms with van der Waals surface area (Å²) < 4.78 is 4.92. The number of rotatable bonds is 6. The largest absolute Gasteiger partial charge is 0.466 e. The lowest BCUT2D eigenvalue weighted by Gasteiger charge is -2.12. The number of ether oxygens (including phenoxy) is 1. The zero-order chi connectivity index (χ0) is 9.40. The van der Waals surface area contributed by atoms with Gasteiger partial charge in [0.1, 0.15) is 0 Å². The molecule has 0 spiro atoms. The summed E-state index contributed by atoms with van der Waals surface area (Å²) in [5, 5.41) is 0. The molecule has 0 aliphatic heterocycles. The Morgan fingerprint density at radius 2 is 2.33 bits per heavy atom. The molecule has 0 heterocycles. The van der Waals surface area contributed by atoms with Crippen molar-refractivity contribution in [1.29, 1.82) is 0 Å². The Morgan fingerprint density at radius 1 is 1.67 bits per heavy atom. The predicted octanol–water partition coefficient (Wildman–Crippen LogP) is 2.54. The van der Waals surface area contributed by atoms with Gasteiger partial charge in [0.2, 0.25) is 0 Å². The molecule has 0 bridgehead atoms. The molecule has 0 rings (SSSR count). The maximum atomic E-state index is 10.5. The van der Waals surface area contributed by atoms with Crippen LogP contribution in [0.4, 0.5) is 0 Å². The minimum Gasteiger partial charge on any atom is -0.466 e. The van der Waals surface area contributed by atoms with E-state index in [1.165, 1.54) is 6.92 Å². The van der Waals surface area contributed by atoms with E-state index in [0.717, 1.165) is 19.3 Å². The molecule has 0 N–H and O–H groups in total. The summed E-state index contributed by atoms with van der Waals surface area (Å²) in [6.07, 6.45) is 5.03. The third-order valence-corrected chi connectivity index (χ3v) is 1.72. The van der Waals surface area contributed by atoms with Gasteiger partial charge in [-0.05, 0) is 18.8 Å². The molecule has 0 fully saturated rings. The highest BCUT2D eigenvalue weighted by molar-refractivity contribution is 5.65. The van der Waals surface area contributed by atoms with Gasteiger partial charge < -0.3 is 4.74 Å². The normalized spacial score (nSPS) is 12.2. The lowest BCUT2D eigenvalue weighted by molar-refractivity contribution is -0.142. The van der Waals surface area contributed by atoms with Crippen molar-refractivity contribution in [2.45, 2.75) is 33.1 Å². The lowest BCUT2D eigenvalue weighted by atomic mass is 10.0. The van der Waals surface area contributed by atoms with Crippen molar-refractivity contribution in [3.63, 3.8) is 0 Å². The predicted molar refractivity (Wildman–Crippen MR) is 49.8 cm³/mol. The standard InChI is InChI=1S/C10H18O2/c1-4-6-10(7-5-2)8-12-9(3)11/h4,10H,1,5-8H2,2-3H3. The molecular weight excluding hydrogens is 152 g/mol. The molecule has 0 saturated carbocycles. The summed E-state index contributed by atoms with van der Waals surface area (Å²) in [7, 11) is 0. The molecule has 1 unspecified atom stereocenters. The summed E-state index contributed by atoms with van der Waals surface area (Å²) in [4.78, 5) is 10.5. The molecule has 0 aromatic rings. The van der Waals surface area contributed by atoms with Crippen LogP contribution in [0.3, 0.4) is 0 Å². The number of carbonyl (C=O) groups excluding carboxylic acids is 1. The first-order valence-electron chi connectivity index (χ1n) is 4.45. The van der Waals surface area contributed by atoms with Gasteiger partial charge >= 0.3 is 5.97 Å². The van der Waals surface area contributed by atoms with Crippen molar-refractivity contribution in [1.82, 2.24) is 0 Å². The fourth-order valence-corrected chi connectivity index (χ4v) is 1.15. The number of esters is 1. The fourth-order valence-electron chi connectivity index (χ4n) is 1.15. The van der Waals surface area contributed by atoms with E-state index < -0.39 is 0 Å². The lowest BCUT2D eigenvalue weighted by Crippen LogP contribution is -2.11. The van der Waals surface area contributed by atoms with Crippen LogP contribution >= 0.6 is 0 Å². The van der Waals surface area contributed by atoms with Crippen molar-refractivity contribution < 1.29 is 9.53 Å². The minimum atomic E-state index is -0.194. The second-order valence-corrected chi connectivity index (χ2v) is 2.98. The molecule has 2 heteroatoms. The molecule has 1 atom stereocenters. The highest BCUT2D eigenvalue weighted by atomic mass is 16.5. The average Bonchev–Trinajstić information content (AvgIpc) is 2.01. The molecule has 0 radical (unpaired) electrons. The molecule has 0 amide bonds. The summed E-state index contributed by atoms with van der Waals surface area (Å²) in [6, 6.07) is 0. The van der Waals surface area contributed by atoms with Crippen molar-refractivity contribution in [2.75, 3.05) is 6.61 Å². The Balaban J connectivity index is 3.61. The van der Waals surface area contributed by atoms with E-state index in [9.17, 15) is 4.79 Å². The zero-order valence-corrected chi connectivity index (χ0v) is 8.01. The van der Waals surface area contributed by atoms with Crippen molar-refractivity contribution >= 4 is 5.97 Å². The van der Waals surface area contributed by atoms with Crippen LogP contribution in [0.15, 0.2) is 12.7 Å². The molecule has 12 heavy (non-hydrogen) atoms. The maximum absolute atomic E-state index is 10.5. The van der Waals surface area contributed by atoms with Gasteiger partial charge in [-0.15, -0.1) is 6.58 Å². The molecular formula is C10H18O2. The first-order chi connectivity index (χ1) is 5.70. The molecule has 0 aliphatic carbocycles. The van der Waals surface area contributed by atoms with Gasteiger partial charge in [-0.2, -0.15) is 0 Å². The van der Waals surface area contributed by atoms with Gasteiger partial charge in [0.25, 0.3) is 0 Å². The Labute approximate surface area is 74.6 Å². The number of allylic oxidation sites excluding steroid dienone is 1. The minimum absolute atomic E-state index is 0.194. The third-order valence-electron chi connectivity index (χ3n) is 1.72. The highest BCUT2D eigenvalue weighted by Crippen LogP contribution is 2.11. The maximum Gasteiger partial charge on any atom is 0.302 e. The van der Waals surface area contributed by atoms with Crippen LogP contribution in [-0.4, -0.2) is 12.6 Å². The van der Waals surface area contributed by atoms with Crippen LogP contribution in [0.25, 0.3) is 0 Å². The Bertz CT molecular complexity index is 141. The van der Waals surface area contributed by atoms with Crippen LogP contribution < -0.4 is 0 Å². The van der Waals surface area contributed by atoms with E-state index in [1.807, 2.05) is 6.08 Å². The van der Waals surface area contributed by atoms with Crippen molar-refractivity contribution in [2.24, 2.45) is 5.92 Å². The molecule has 0 aromatic heterocycles. The van der Waals surface area contributed by atoms with Gasteiger partial charge in [-0.3, -0.25) is 4.79 Å². The van der Waals surface area contributed by atoms with Gasteiger partial charge in [0.05, 0.1) is 6.61 Å². The summed E-state index contributed by atoms with van der Waals surface area (Å²) in [6.45, 7) is 7.78. The topological polar surface area (TPSA) is 26.3 Å². The van der Waals surface area contributed by atoms with Gasteiger partial charge in [-0.1, -0.05) is 19.4 Å². The van der Waals surface area contributed by atoms with Crippen LogP contribution in [-0.2, 0) is 9.53 Å². The number of hydrogen-bond donors (Lipinski definition) is 0. The number of hydrogen-bond acceptors (Lipinski definition) is 2. The van der Waals surface area contributed by atoms with Crippen LogP contribution in [0.2, 0.25) is 0 Å². The van der Waals surface area contributed by atoms with Crippen LogP contribution in [0.1, 0.15) is 33.1 Å². The van der Waals surface area contributed by atoms with Crippen LogP contribution in [0.5, 0.6) is 0 Å². The van der Waals surface area contributed by atoms with E-state index in [1.54, 1.807) is 0 Å². The van der Waals surface area contributed by atoms with Gasteiger partial charge in [-0.25, -0.2) is 0 Å². The molecule has 0 aliphatic rings. The van der Waals surface area contributed by atoms with Crippen molar-refractivity contribution in [3.05, 3.63) is 12.7 Å². The number of carbonyl (C=O) groups is 1. The Kier molecular flexibility index (Phi) is 6.44. The summed E-state index contributed by atoms with van der Waals surface area (Å²) >= 11 is 0. The molecule has 70 valence electrons. The SMILES string of the molecule is C=CCC(CCC)COC(C)=O. The molecule has 2 nitrogen and oxygen atoms in total. The summed E-state index contributed by atoms with van der Waals surface area (Å²) in [5.74, 6) is 0.261. The summed E-state index contributed by atoms with van der Waals surface area (Å²) in [5.41, 5.74) is 0. The van der Waals surface area contributed by atoms with Gasteiger partial charge in [0.15, 0.2) is 0 Å². The second-order valence-electron chi connectivity index (χ2n) is 2.98. The monoisotopic (exact) mass is 170 g/mol. The van der Waals surface area contributed by atoms with E-state index in [4.69, 9.17) is 4.74 Å². The second kappa shape index (κ2) is 6.89. The quantitative estimate of drug-likeness (QED) is 0.452. The van der Waals surface area contributed by atoms with E-state index in [0.29, 0.717) is 12.5 Å². The Hall–Kier alpha value is -0.790. The Morgan fingerprint density at radius 3 is 2.75 bits per heavy atom. The molecule has 0 aromatic carbocycles. The van der Waals surface area contributed by atoms with Gasteiger partial charge in [0, 0.05) is 6.92 Å². The van der Waals surface area contributed by atoms with E-state index in [2.05, 4.69) is 13.5 Å². The van der Waals surface area contributed by atoms with Crippen molar-refractivity contribution in [3.8, 4) is 0 Å². The average molecular weight is 170 g/mol. The van der Waals surface area contributed by atoms with E-state index >= 15 is 0 Å². The zero-order valence-electron chi connectivity index (χ0n) is 8.01. The smallest absolute Gasteiger partial charge is 0.302 e. The third kappa shape index (κ3) is 5.96.